The first kappa shape index (κ1) is 18.6. The lowest BCUT2D eigenvalue weighted by Crippen LogP contribution is -2.19. The van der Waals surface area contributed by atoms with Crippen molar-refractivity contribution in [3.63, 3.8) is 0 Å². The average Bonchev–Trinajstić information content (AvgIpc) is 3.13. The lowest BCUT2D eigenvalue weighted by Gasteiger charge is -2.05. The second-order valence-corrected chi connectivity index (χ2v) is 6.57. The number of carbonyl (C=O) groups is 1. The maximum Gasteiger partial charge on any atom is 0.246 e. The second-order valence-electron chi connectivity index (χ2n) is 5.62. The molecular weight excluding hydrogens is 362 g/mol. The third kappa shape index (κ3) is 5.15. The standard InChI is InChI=1S/C20H19N3O3S/c1-2-26-18-10-14(8-9-17(18)24)12-21-23-19(25)11-20-22-16(13-27-20)15-6-4-3-5-7-15/h3-10,12-13,24H,2,11H2,1H3,(H,23,25)/b21-12+. The van der Waals surface area contributed by atoms with Crippen LogP contribution in [0.2, 0.25) is 0 Å². The molecule has 0 atom stereocenters. The van der Waals surface area contributed by atoms with E-state index in [9.17, 15) is 9.90 Å². The van der Waals surface area contributed by atoms with E-state index in [0.29, 0.717) is 17.9 Å². The number of hydrogen-bond acceptors (Lipinski definition) is 6. The van der Waals surface area contributed by atoms with Crippen molar-refractivity contribution in [1.82, 2.24) is 10.4 Å². The normalized spacial score (nSPS) is 10.9. The summed E-state index contributed by atoms with van der Waals surface area (Å²) in [6.45, 7) is 2.28. The molecule has 0 saturated heterocycles. The molecule has 3 aromatic rings. The Morgan fingerprint density at radius 3 is 2.89 bits per heavy atom. The highest BCUT2D eigenvalue weighted by atomic mass is 32.1. The van der Waals surface area contributed by atoms with Gasteiger partial charge >= 0.3 is 0 Å². The number of ether oxygens (including phenoxy) is 1. The second kappa shape index (κ2) is 8.95. The number of hydrazone groups is 1. The quantitative estimate of drug-likeness (QED) is 0.484. The third-order valence-electron chi connectivity index (χ3n) is 3.62. The first-order chi connectivity index (χ1) is 13.2. The molecule has 0 bridgehead atoms. The largest absolute Gasteiger partial charge is 0.504 e. The van der Waals surface area contributed by atoms with E-state index in [1.807, 2.05) is 42.6 Å². The smallest absolute Gasteiger partial charge is 0.246 e. The molecule has 1 aromatic heterocycles. The molecule has 0 spiro atoms. The number of aromatic hydroxyl groups is 1. The van der Waals surface area contributed by atoms with Crippen molar-refractivity contribution in [1.29, 1.82) is 0 Å². The van der Waals surface area contributed by atoms with Crippen LogP contribution in [0.1, 0.15) is 17.5 Å². The predicted molar refractivity (Wildman–Crippen MR) is 106 cm³/mol. The fraction of sp³-hybridized carbons (Fsp3) is 0.150. The first-order valence-electron chi connectivity index (χ1n) is 8.43. The predicted octanol–water partition coefficient (Wildman–Crippen LogP) is 3.61. The zero-order chi connectivity index (χ0) is 19.1. The molecule has 1 heterocycles. The highest BCUT2D eigenvalue weighted by Gasteiger charge is 2.08. The van der Waals surface area contributed by atoms with Gasteiger partial charge in [0, 0.05) is 10.9 Å². The number of carbonyl (C=O) groups excluding carboxylic acids is 1. The number of thiazole rings is 1. The lowest BCUT2D eigenvalue weighted by atomic mass is 10.2. The third-order valence-corrected chi connectivity index (χ3v) is 4.47. The molecule has 2 aromatic carbocycles. The summed E-state index contributed by atoms with van der Waals surface area (Å²) in [7, 11) is 0. The lowest BCUT2D eigenvalue weighted by molar-refractivity contribution is -0.120. The number of phenolic OH excluding ortho intramolecular Hbond substituents is 1. The molecule has 6 nitrogen and oxygen atoms in total. The average molecular weight is 381 g/mol. The van der Waals surface area contributed by atoms with Gasteiger partial charge < -0.3 is 9.84 Å². The molecule has 1 amide bonds. The van der Waals surface area contributed by atoms with Gasteiger partial charge in [-0.1, -0.05) is 30.3 Å². The molecular formula is C20H19N3O3S. The van der Waals surface area contributed by atoms with Crippen LogP contribution >= 0.6 is 11.3 Å². The Balaban J connectivity index is 1.56. The van der Waals surface area contributed by atoms with Gasteiger partial charge in [0.15, 0.2) is 11.5 Å². The Labute approximate surface area is 161 Å². The van der Waals surface area contributed by atoms with Crippen LogP contribution in [0.25, 0.3) is 11.3 Å². The minimum Gasteiger partial charge on any atom is -0.504 e. The maximum atomic E-state index is 12.0. The van der Waals surface area contributed by atoms with E-state index in [1.165, 1.54) is 23.6 Å². The molecule has 3 rings (SSSR count). The zero-order valence-electron chi connectivity index (χ0n) is 14.8. The number of amides is 1. The molecule has 0 aliphatic carbocycles. The molecule has 0 aliphatic heterocycles. The van der Waals surface area contributed by atoms with E-state index in [-0.39, 0.29) is 18.1 Å². The van der Waals surface area contributed by atoms with Gasteiger partial charge in [0.05, 0.1) is 24.9 Å². The number of aromatic nitrogens is 1. The van der Waals surface area contributed by atoms with Crippen LogP contribution in [0.3, 0.4) is 0 Å². The van der Waals surface area contributed by atoms with Crippen molar-refractivity contribution in [2.45, 2.75) is 13.3 Å². The summed E-state index contributed by atoms with van der Waals surface area (Å²) >= 11 is 1.44. The van der Waals surface area contributed by atoms with Crippen LogP contribution in [0.5, 0.6) is 11.5 Å². The van der Waals surface area contributed by atoms with Gasteiger partial charge in [-0.2, -0.15) is 5.10 Å². The summed E-state index contributed by atoms with van der Waals surface area (Å²) in [6.07, 6.45) is 1.66. The first-order valence-corrected chi connectivity index (χ1v) is 9.31. The molecule has 0 fully saturated rings. The number of hydrogen-bond donors (Lipinski definition) is 2. The van der Waals surface area contributed by atoms with Crippen molar-refractivity contribution in [3.8, 4) is 22.8 Å². The molecule has 27 heavy (non-hydrogen) atoms. The van der Waals surface area contributed by atoms with Gasteiger partial charge in [-0.05, 0) is 30.7 Å². The van der Waals surface area contributed by atoms with E-state index in [0.717, 1.165) is 16.3 Å². The maximum absolute atomic E-state index is 12.0. The zero-order valence-corrected chi connectivity index (χ0v) is 15.6. The van der Waals surface area contributed by atoms with Gasteiger partial charge in [0.1, 0.15) is 5.01 Å². The molecule has 138 valence electrons. The summed E-state index contributed by atoms with van der Waals surface area (Å²) in [5, 5.41) is 16.3. The summed E-state index contributed by atoms with van der Waals surface area (Å²) in [5.41, 5.74) is 5.08. The van der Waals surface area contributed by atoms with Gasteiger partial charge in [-0.25, -0.2) is 10.4 Å². The Bertz CT molecular complexity index is 939. The summed E-state index contributed by atoms with van der Waals surface area (Å²) < 4.78 is 5.32. The molecule has 2 N–H and O–H groups in total. The number of nitrogens with one attached hydrogen (secondary N) is 1. The van der Waals surface area contributed by atoms with Gasteiger partial charge in [0.25, 0.3) is 0 Å². The topological polar surface area (TPSA) is 83.8 Å². The Morgan fingerprint density at radius 1 is 1.30 bits per heavy atom. The SMILES string of the molecule is CCOc1cc(/C=N/NC(=O)Cc2nc(-c3ccccc3)cs2)ccc1O. The highest BCUT2D eigenvalue weighted by Crippen LogP contribution is 2.26. The van der Waals surface area contributed by atoms with Crippen LogP contribution in [-0.2, 0) is 11.2 Å². The van der Waals surface area contributed by atoms with Crippen molar-refractivity contribution in [3.05, 3.63) is 64.5 Å². The number of nitrogens with zero attached hydrogens (tertiary/aromatic N) is 2. The number of rotatable bonds is 7. The summed E-state index contributed by atoms with van der Waals surface area (Å²) in [4.78, 5) is 16.5. The minimum atomic E-state index is -0.246. The van der Waals surface area contributed by atoms with E-state index in [4.69, 9.17) is 4.74 Å². The monoisotopic (exact) mass is 381 g/mol. The van der Waals surface area contributed by atoms with E-state index < -0.39 is 0 Å². The van der Waals surface area contributed by atoms with Crippen molar-refractivity contribution >= 4 is 23.5 Å². The van der Waals surface area contributed by atoms with Gasteiger partial charge in [0.2, 0.25) is 5.91 Å². The van der Waals surface area contributed by atoms with Crippen LogP contribution in [-0.4, -0.2) is 28.8 Å². The molecule has 0 aliphatic rings. The minimum absolute atomic E-state index is 0.0658. The molecule has 0 radical (unpaired) electrons. The molecule has 0 saturated carbocycles. The molecule has 7 heteroatoms. The Kier molecular flexibility index (Phi) is 6.17. The van der Waals surface area contributed by atoms with Crippen LogP contribution in [0.4, 0.5) is 0 Å². The molecule has 0 unspecified atom stereocenters. The van der Waals surface area contributed by atoms with Crippen molar-refractivity contribution in [2.75, 3.05) is 6.61 Å². The van der Waals surface area contributed by atoms with Crippen LogP contribution in [0.15, 0.2) is 59.0 Å². The number of benzene rings is 2. The summed E-state index contributed by atoms with van der Waals surface area (Å²) in [6, 6.07) is 14.7. The van der Waals surface area contributed by atoms with Gasteiger partial charge in [-0.15, -0.1) is 11.3 Å². The number of phenols is 1. The van der Waals surface area contributed by atoms with E-state index in [1.54, 1.807) is 12.1 Å². The van der Waals surface area contributed by atoms with Crippen LogP contribution < -0.4 is 10.2 Å². The van der Waals surface area contributed by atoms with E-state index in [2.05, 4.69) is 15.5 Å². The summed E-state index contributed by atoms with van der Waals surface area (Å²) in [5.74, 6) is 0.198. The van der Waals surface area contributed by atoms with E-state index >= 15 is 0 Å². The Morgan fingerprint density at radius 2 is 2.11 bits per heavy atom. The fourth-order valence-corrected chi connectivity index (χ4v) is 3.17. The highest BCUT2D eigenvalue weighted by molar-refractivity contribution is 7.10. The van der Waals surface area contributed by atoms with Gasteiger partial charge in [-0.3, -0.25) is 4.79 Å². The Hall–Kier alpha value is -3.19. The fourth-order valence-electron chi connectivity index (χ4n) is 2.37. The van der Waals surface area contributed by atoms with Crippen molar-refractivity contribution in [2.24, 2.45) is 5.10 Å². The van der Waals surface area contributed by atoms with Crippen molar-refractivity contribution < 1.29 is 14.6 Å². The van der Waals surface area contributed by atoms with Crippen LogP contribution in [0, 0.1) is 0 Å².